The van der Waals surface area contributed by atoms with Gasteiger partial charge in [0.25, 0.3) is 0 Å². The molecule has 7 rings (SSSR count). The third-order valence-corrected chi connectivity index (χ3v) is 21.6. The van der Waals surface area contributed by atoms with Gasteiger partial charge in [0.05, 0.1) is 5.02 Å². The van der Waals surface area contributed by atoms with E-state index >= 15 is 0 Å². The molecule has 6 aromatic rings. The van der Waals surface area contributed by atoms with Gasteiger partial charge in [-0.1, -0.05) is 88.8 Å². The number of fused-ring (bicyclic) bond motifs is 1. The van der Waals surface area contributed by atoms with E-state index in [4.69, 9.17) is 32.0 Å². The van der Waals surface area contributed by atoms with Crippen LogP contribution in [0.15, 0.2) is 143 Å². The summed E-state index contributed by atoms with van der Waals surface area (Å²) in [6, 6.07) is 42.6. The van der Waals surface area contributed by atoms with Crippen LogP contribution in [0.4, 0.5) is 5.69 Å². The molecule has 1 aliphatic heterocycles. The van der Waals surface area contributed by atoms with Gasteiger partial charge in [0.1, 0.15) is 5.58 Å². The van der Waals surface area contributed by atoms with E-state index in [9.17, 15) is 19.2 Å². The van der Waals surface area contributed by atoms with Crippen LogP contribution in [0.25, 0.3) is 22.1 Å². The van der Waals surface area contributed by atoms with Crippen LogP contribution < -0.4 is 31.6 Å². The van der Waals surface area contributed by atoms with Crippen molar-refractivity contribution in [2.24, 2.45) is 0 Å². The first-order valence-corrected chi connectivity index (χ1v) is 29.0. The van der Waals surface area contributed by atoms with Crippen molar-refractivity contribution in [3.63, 3.8) is 0 Å². The molecule has 370 valence electrons. The second kappa shape index (κ2) is 25.1. The molecule has 0 spiro atoms. The van der Waals surface area contributed by atoms with Crippen molar-refractivity contribution in [1.82, 2.24) is 9.80 Å². The van der Waals surface area contributed by atoms with Crippen LogP contribution in [-0.2, 0) is 14.4 Å². The van der Waals surface area contributed by atoms with Crippen molar-refractivity contribution in [2.45, 2.75) is 110 Å². The molecule has 12 heteroatoms. The number of nitrogens with zero attached hydrogens (tertiary/aromatic N) is 2. The topological polar surface area (TPSA) is 109 Å². The number of hydrogen-bond acceptors (Lipinski definition) is 6. The molecular formula is C58H68Cl2N3O6P. The van der Waals surface area contributed by atoms with Gasteiger partial charge in [0.15, 0.2) is 0 Å². The molecule has 0 unspecified atom stereocenters. The predicted octanol–water partition coefficient (Wildman–Crippen LogP) is 12.7. The van der Waals surface area contributed by atoms with Gasteiger partial charge >= 0.3 is 230 Å². The Bertz CT molecular complexity index is 2630. The summed E-state index contributed by atoms with van der Waals surface area (Å²) in [5, 5.41) is 7.19. The number of carbonyl (C=O) groups excluding carboxylic acids is 3. The average molecular weight is 1010 g/mol. The fourth-order valence-corrected chi connectivity index (χ4v) is 16.3. The summed E-state index contributed by atoms with van der Waals surface area (Å²) in [5.41, 5.74) is 1.49. The summed E-state index contributed by atoms with van der Waals surface area (Å²) in [4.78, 5) is 56.7. The van der Waals surface area contributed by atoms with Crippen LogP contribution in [0.1, 0.15) is 104 Å². The Morgan fingerprint density at radius 2 is 1.19 bits per heavy atom. The molecule has 0 aliphatic carbocycles. The molecule has 1 fully saturated rings. The summed E-state index contributed by atoms with van der Waals surface area (Å²) in [7, 11) is 0. The van der Waals surface area contributed by atoms with Gasteiger partial charge in [-0.15, -0.1) is 0 Å². The van der Waals surface area contributed by atoms with Gasteiger partial charge in [0, 0.05) is 40.8 Å². The number of hydrogen-bond donors (Lipinski definition) is 1. The summed E-state index contributed by atoms with van der Waals surface area (Å²) in [6.07, 6.45) is 14.6. The predicted molar refractivity (Wildman–Crippen MR) is 291 cm³/mol. The summed E-state index contributed by atoms with van der Waals surface area (Å²) >= 11 is 15.0. The molecule has 0 radical (unpaired) electrons. The smallest absolute Gasteiger partial charge is 0.0505 e. The minimum Gasteiger partial charge on any atom is -0.0836 e. The summed E-state index contributed by atoms with van der Waals surface area (Å²) in [6.45, 7) is 5.52. The molecule has 1 atom stereocenters. The van der Waals surface area contributed by atoms with E-state index in [1.807, 2.05) is 59.5 Å². The van der Waals surface area contributed by atoms with E-state index in [1.54, 1.807) is 48.2 Å². The van der Waals surface area contributed by atoms with Crippen molar-refractivity contribution in [1.29, 1.82) is 0 Å². The first kappa shape index (κ1) is 52.4. The zero-order chi connectivity index (χ0) is 49.4. The molecule has 1 N–H and O–H groups in total. The van der Waals surface area contributed by atoms with E-state index in [2.05, 4.69) is 48.6 Å². The molecule has 2 heterocycles. The van der Waals surface area contributed by atoms with Gasteiger partial charge in [0.2, 0.25) is 5.91 Å². The number of piperazine rings is 1. The monoisotopic (exact) mass is 1000 g/mol. The molecule has 5 aromatic carbocycles. The molecular weight excluding hydrogens is 937 g/mol. The Labute approximate surface area is 423 Å². The number of nitrogens with one attached hydrogen (secondary N) is 1. The van der Waals surface area contributed by atoms with Gasteiger partial charge in [-0.25, -0.2) is 4.79 Å². The van der Waals surface area contributed by atoms with E-state index in [0.717, 1.165) is 35.2 Å². The van der Waals surface area contributed by atoms with E-state index in [-0.39, 0.29) is 23.3 Å². The van der Waals surface area contributed by atoms with Gasteiger partial charge in [-0.3, -0.25) is 4.79 Å². The van der Waals surface area contributed by atoms with Crippen LogP contribution >= 0.6 is 28.8 Å². The third kappa shape index (κ3) is 12.9. The van der Waals surface area contributed by atoms with E-state index in [1.165, 1.54) is 57.4 Å². The Balaban J connectivity index is 0.901. The fourth-order valence-electron chi connectivity index (χ4n) is 9.85. The van der Waals surface area contributed by atoms with Crippen molar-refractivity contribution in [3.05, 3.63) is 149 Å². The van der Waals surface area contributed by atoms with Gasteiger partial charge in [-0.2, -0.15) is 0 Å². The fraction of sp³-hybridized carbons (Fsp3) is 0.379. The van der Waals surface area contributed by atoms with Crippen LogP contribution in [0.5, 0.6) is 5.75 Å². The van der Waals surface area contributed by atoms with Crippen LogP contribution in [-0.4, -0.2) is 66.0 Å². The molecule has 1 aliphatic rings. The maximum Gasteiger partial charge on any atom is 0.0505 e. The third-order valence-electron chi connectivity index (χ3n) is 13.7. The van der Waals surface area contributed by atoms with Crippen LogP contribution in [0, 0.1) is 0 Å². The number of unbranched alkanes of at least 4 members (excludes halogenated alkanes) is 10. The normalized spacial score (nSPS) is 13.9. The number of amides is 3. The van der Waals surface area contributed by atoms with Crippen molar-refractivity contribution in [2.75, 3.05) is 37.7 Å². The van der Waals surface area contributed by atoms with Crippen LogP contribution in [0.2, 0.25) is 5.02 Å². The summed E-state index contributed by atoms with van der Waals surface area (Å²) in [5.74, 6) is -3.34. The Kier molecular flexibility index (Phi) is 18.8. The van der Waals surface area contributed by atoms with Crippen LogP contribution in [0.3, 0.4) is 0 Å². The number of benzene rings is 5. The second-order valence-electron chi connectivity index (χ2n) is 18.6. The molecule has 0 bridgehead atoms. The van der Waals surface area contributed by atoms with Crippen molar-refractivity contribution in [3.8, 4) is 16.9 Å². The standard InChI is InChI=1S/C58H68Cl2N3O6P/c1-3-4-5-6-7-8-9-10-11-12-22-30-55(64)61-45-32-34-50(53(59)41-45)52-43-57(66)69-54-42-46(33-35-51(52)54)68-44(2)58(67)63-38-36-62(37-39-63)56(65)31-23-40-70(60,47-24-16-13-17-25-47,48-26-18-14-19-27-48)49-28-20-15-21-29-49/h13-21,24-29,32-35,41-44H,3-12,22-23,30-31,36-40H2,1-2H3,(H,61,64)/t44-/m1/s1. The first-order valence-electron chi connectivity index (χ1n) is 25.3. The molecule has 9 nitrogen and oxygen atoms in total. The SMILES string of the molecule is CCCCCCCCCCCCCC(=O)Nc1ccc(-c2cc(=O)oc3cc(O[C@H](C)C(=O)N4CCN(C(=O)CCCP(Cl)(c5ccccc5)(c5ccccc5)c5ccccc5)CC4)ccc23)c(Cl)c1. The molecule has 0 saturated carbocycles. The summed E-state index contributed by atoms with van der Waals surface area (Å²) < 4.78 is 11.8. The number of anilines is 1. The zero-order valence-corrected chi connectivity index (χ0v) is 43.2. The molecule has 1 saturated heterocycles. The molecule has 70 heavy (non-hydrogen) atoms. The molecule has 3 amide bonds. The van der Waals surface area contributed by atoms with Gasteiger partial charge < -0.3 is 9.73 Å². The number of halogens is 2. The Morgan fingerprint density at radius 1 is 0.643 bits per heavy atom. The first-order chi connectivity index (χ1) is 34.0. The number of ether oxygens (including phenoxy) is 1. The largest absolute Gasteiger partial charge is 0.0836 e. The Morgan fingerprint density at radius 3 is 1.74 bits per heavy atom. The van der Waals surface area contributed by atoms with E-state index in [0.29, 0.717) is 84.6 Å². The second-order valence-corrected chi connectivity index (χ2v) is 25.7. The zero-order valence-electron chi connectivity index (χ0n) is 40.8. The quantitative estimate of drug-likeness (QED) is 0.0367. The number of carbonyl (C=O) groups is 3. The van der Waals surface area contributed by atoms with Crippen molar-refractivity contribution < 1.29 is 23.5 Å². The minimum atomic E-state index is -3.49. The molecule has 1 aromatic heterocycles. The maximum absolute atomic E-state index is 13.8. The van der Waals surface area contributed by atoms with E-state index < -0.39 is 17.7 Å². The average Bonchev–Trinajstić information content (AvgIpc) is 3.38. The maximum atomic E-state index is 13.8. The number of rotatable bonds is 24. The Hall–Kier alpha value is -5.47. The van der Waals surface area contributed by atoms with Crippen molar-refractivity contribution >= 4 is 79.1 Å². The van der Waals surface area contributed by atoms with Gasteiger partial charge in [-0.05, 0) is 30.7 Å². The minimum absolute atomic E-state index is 0.0401.